The fourth-order valence-corrected chi connectivity index (χ4v) is 1.53. The van der Waals surface area contributed by atoms with Crippen LogP contribution in [-0.4, -0.2) is 46.7 Å². The monoisotopic (exact) mass is 231 g/mol. The van der Waals surface area contributed by atoms with Gasteiger partial charge < -0.3 is 15.1 Å². The molecule has 1 atom stereocenters. The van der Waals surface area contributed by atoms with E-state index in [-0.39, 0.29) is 23.9 Å². The van der Waals surface area contributed by atoms with Gasteiger partial charge in [0, 0.05) is 19.5 Å². The molecule has 1 unspecified atom stereocenters. The summed E-state index contributed by atoms with van der Waals surface area (Å²) >= 11 is 0. The number of carbonyl (C=O) groups excluding carboxylic acids is 1. The van der Waals surface area contributed by atoms with Crippen molar-refractivity contribution in [3.63, 3.8) is 0 Å². The van der Waals surface area contributed by atoms with Crippen LogP contribution in [0.2, 0.25) is 0 Å². The molecule has 2 N–H and O–H groups in total. The van der Waals surface area contributed by atoms with Crippen LogP contribution in [0.1, 0.15) is 33.6 Å². The third-order valence-electron chi connectivity index (χ3n) is 2.20. The Morgan fingerprint density at radius 3 is 2.31 bits per heavy atom. The molecule has 94 valence electrons. The molecule has 0 aliphatic carbocycles. The molecule has 0 aromatic rings. The maximum absolute atomic E-state index is 11.6. The third kappa shape index (κ3) is 6.40. The highest BCUT2D eigenvalue weighted by Crippen LogP contribution is 2.21. The van der Waals surface area contributed by atoms with Crippen LogP contribution in [0.25, 0.3) is 0 Å². The van der Waals surface area contributed by atoms with Gasteiger partial charge in [0.15, 0.2) is 0 Å². The number of rotatable bonds is 1. The van der Waals surface area contributed by atoms with Gasteiger partial charge >= 0.3 is 0 Å². The molecule has 5 nitrogen and oxygen atoms in total. The number of aliphatic hydroxyl groups is 1. The summed E-state index contributed by atoms with van der Waals surface area (Å²) in [6, 6.07) is 0. The van der Waals surface area contributed by atoms with E-state index in [0.717, 1.165) is 13.0 Å². The van der Waals surface area contributed by atoms with Gasteiger partial charge in [0.25, 0.3) is 6.47 Å². The molecule has 0 aromatic heterocycles. The van der Waals surface area contributed by atoms with Crippen LogP contribution >= 0.6 is 0 Å². The smallest absolute Gasteiger partial charge is 0.290 e. The number of hydrogen-bond acceptors (Lipinski definition) is 3. The molecule has 1 aliphatic heterocycles. The second kappa shape index (κ2) is 6.48. The molecule has 1 saturated heterocycles. The molecule has 1 aliphatic rings. The van der Waals surface area contributed by atoms with Crippen LogP contribution < -0.4 is 0 Å². The van der Waals surface area contributed by atoms with E-state index in [0.29, 0.717) is 13.0 Å². The fourth-order valence-electron chi connectivity index (χ4n) is 1.53. The van der Waals surface area contributed by atoms with E-state index >= 15 is 0 Å². The van der Waals surface area contributed by atoms with E-state index in [1.54, 1.807) is 4.90 Å². The number of hydrogen-bond donors (Lipinski definition) is 2. The first-order chi connectivity index (χ1) is 7.30. The van der Waals surface area contributed by atoms with Crippen LogP contribution in [0.4, 0.5) is 0 Å². The summed E-state index contributed by atoms with van der Waals surface area (Å²) in [6.45, 7) is 7.15. The number of aliphatic hydroxyl groups excluding tert-OH is 1. The number of nitrogens with zero attached hydrogens (tertiary/aromatic N) is 1. The van der Waals surface area contributed by atoms with Crippen molar-refractivity contribution in [1.82, 2.24) is 4.90 Å². The Hall–Kier alpha value is -1.10. The van der Waals surface area contributed by atoms with Crippen molar-refractivity contribution in [3.05, 3.63) is 0 Å². The Balaban J connectivity index is 0.000000673. The summed E-state index contributed by atoms with van der Waals surface area (Å²) in [5.74, 6) is 0.170. The van der Waals surface area contributed by atoms with E-state index < -0.39 is 0 Å². The molecule has 0 aromatic carbocycles. The van der Waals surface area contributed by atoms with Crippen molar-refractivity contribution in [3.8, 4) is 0 Å². The van der Waals surface area contributed by atoms with E-state index in [1.165, 1.54) is 0 Å². The van der Waals surface area contributed by atoms with Crippen LogP contribution in [0.15, 0.2) is 0 Å². The van der Waals surface area contributed by atoms with Crippen LogP contribution in [0.5, 0.6) is 0 Å². The third-order valence-corrected chi connectivity index (χ3v) is 2.20. The molecule has 0 radical (unpaired) electrons. The number of β-amino-alcohol motifs (C(OH)–C–C–N with tert-alkyl or cyclic N) is 1. The SMILES string of the molecule is CC(C)(C)CC(=O)N1CCC(O)C1.O=CO. The van der Waals surface area contributed by atoms with E-state index in [1.807, 2.05) is 0 Å². The Morgan fingerprint density at radius 2 is 2.00 bits per heavy atom. The zero-order valence-corrected chi connectivity index (χ0v) is 10.1. The zero-order valence-electron chi connectivity index (χ0n) is 10.1. The predicted molar refractivity (Wildman–Crippen MR) is 60.0 cm³/mol. The summed E-state index contributed by atoms with van der Waals surface area (Å²) in [4.78, 5) is 21.7. The zero-order chi connectivity index (χ0) is 12.8. The summed E-state index contributed by atoms with van der Waals surface area (Å²) in [5, 5.41) is 16.1. The molecule has 0 spiro atoms. The van der Waals surface area contributed by atoms with Gasteiger partial charge in [-0.05, 0) is 11.8 Å². The molecular weight excluding hydrogens is 210 g/mol. The maximum Gasteiger partial charge on any atom is 0.290 e. The van der Waals surface area contributed by atoms with Gasteiger partial charge in [0.2, 0.25) is 5.91 Å². The van der Waals surface area contributed by atoms with E-state index in [9.17, 15) is 9.90 Å². The number of amides is 1. The average molecular weight is 231 g/mol. The maximum atomic E-state index is 11.6. The Bertz CT molecular complexity index is 235. The van der Waals surface area contributed by atoms with Crippen LogP contribution in [0, 0.1) is 5.41 Å². The van der Waals surface area contributed by atoms with Crippen molar-refractivity contribution in [2.45, 2.75) is 39.7 Å². The summed E-state index contributed by atoms with van der Waals surface area (Å²) in [5.41, 5.74) is 0.0463. The number of likely N-dealkylation sites (tertiary alicyclic amines) is 1. The summed E-state index contributed by atoms with van der Waals surface area (Å²) < 4.78 is 0. The van der Waals surface area contributed by atoms with E-state index in [2.05, 4.69) is 20.8 Å². The summed E-state index contributed by atoms with van der Waals surface area (Å²) in [6.07, 6.45) is 0.999. The topological polar surface area (TPSA) is 77.8 Å². The average Bonchev–Trinajstić information content (AvgIpc) is 2.50. The normalized spacial score (nSPS) is 20.0. The lowest BCUT2D eigenvalue weighted by Gasteiger charge is -2.22. The second-order valence-electron chi connectivity index (χ2n) is 5.13. The second-order valence-corrected chi connectivity index (χ2v) is 5.13. The van der Waals surface area contributed by atoms with Crippen molar-refractivity contribution in [2.24, 2.45) is 5.41 Å². The minimum absolute atomic E-state index is 0.0463. The number of carboxylic acid groups (broad SMARTS) is 1. The highest BCUT2D eigenvalue weighted by Gasteiger charge is 2.27. The number of carbonyl (C=O) groups is 2. The molecular formula is C11H21NO4. The lowest BCUT2D eigenvalue weighted by molar-refractivity contribution is -0.132. The first-order valence-corrected chi connectivity index (χ1v) is 5.34. The van der Waals surface area contributed by atoms with Gasteiger partial charge in [0.05, 0.1) is 6.10 Å². The van der Waals surface area contributed by atoms with Crippen molar-refractivity contribution in [1.29, 1.82) is 0 Å². The largest absolute Gasteiger partial charge is 0.483 e. The Labute approximate surface area is 96.1 Å². The quantitative estimate of drug-likeness (QED) is 0.652. The molecule has 1 heterocycles. The van der Waals surface area contributed by atoms with Gasteiger partial charge in [-0.3, -0.25) is 9.59 Å². The molecule has 16 heavy (non-hydrogen) atoms. The van der Waals surface area contributed by atoms with Crippen molar-refractivity contribution in [2.75, 3.05) is 13.1 Å². The standard InChI is InChI=1S/C10H19NO2.CH2O2/c1-10(2,3)6-9(13)11-5-4-8(12)7-11;2-1-3/h8,12H,4-7H2,1-3H3;1H,(H,2,3). The fraction of sp³-hybridized carbons (Fsp3) is 0.818. The van der Waals surface area contributed by atoms with Gasteiger partial charge in [0.1, 0.15) is 0 Å². The first-order valence-electron chi connectivity index (χ1n) is 5.34. The van der Waals surface area contributed by atoms with Gasteiger partial charge in [-0.25, -0.2) is 0 Å². The first kappa shape index (κ1) is 14.9. The van der Waals surface area contributed by atoms with Crippen molar-refractivity contribution < 1.29 is 19.8 Å². The lowest BCUT2D eigenvalue weighted by atomic mass is 9.92. The molecule has 0 bridgehead atoms. The van der Waals surface area contributed by atoms with E-state index in [4.69, 9.17) is 9.90 Å². The van der Waals surface area contributed by atoms with Crippen LogP contribution in [0.3, 0.4) is 0 Å². The molecule has 1 amide bonds. The lowest BCUT2D eigenvalue weighted by Crippen LogP contribution is -2.32. The van der Waals surface area contributed by atoms with Gasteiger partial charge in [-0.15, -0.1) is 0 Å². The van der Waals surface area contributed by atoms with Crippen LogP contribution in [-0.2, 0) is 9.59 Å². The highest BCUT2D eigenvalue weighted by atomic mass is 16.3. The molecule has 1 fully saturated rings. The highest BCUT2D eigenvalue weighted by molar-refractivity contribution is 5.77. The Kier molecular flexibility index (Phi) is 6.03. The van der Waals surface area contributed by atoms with Gasteiger partial charge in [-0.2, -0.15) is 0 Å². The molecule has 0 saturated carbocycles. The Morgan fingerprint density at radius 1 is 1.50 bits per heavy atom. The van der Waals surface area contributed by atoms with Gasteiger partial charge in [-0.1, -0.05) is 20.8 Å². The predicted octanol–water partition coefficient (Wildman–Crippen LogP) is 0.717. The summed E-state index contributed by atoms with van der Waals surface area (Å²) in [7, 11) is 0. The van der Waals surface area contributed by atoms with Crippen molar-refractivity contribution >= 4 is 12.4 Å². The molecule has 5 heteroatoms. The minimum Gasteiger partial charge on any atom is -0.483 e. The molecule has 1 rings (SSSR count). The minimum atomic E-state index is -0.302.